The summed E-state index contributed by atoms with van der Waals surface area (Å²) in [6.45, 7) is 0. The Balaban J connectivity index is 2.83. The second kappa shape index (κ2) is 5.63. The lowest BCUT2D eigenvalue weighted by atomic mass is 10.3. The zero-order valence-corrected chi connectivity index (χ0v) is 9.72. The van der Waals surface area contributed by atoms with Gasteiger partial charge in [0.15, 0.2) is 5.17 Å². The topological polar surface area (TPSA) is 76.8 Å². The van der Waals surface area contributed by atoms with Crippen molar-refractivity contribution in [3.05, 3.63) is 29.3 Å². The Labute approximate surface area is 97.4 Å². The first kappa shape index (κ1) is 11.9. The van der Waals surface area contributed by atoms with E-state index in [0.29, 0.717) is 15.9 Å². The number of hydrogen-bond acceptors (Lipinski definition) is 2. The molecule has 0 bridgehead atoms. The third-order valence-corrected chi connectivity index (χ3v) is 2.27. The first-order valence-corrected chi connectivity index (χ1v) is 5.70. The summed E-state index contributed by atoms with van der Waals surface area (Å²) in [5.74, 6) is 0.129. The summed E-state index contributed by atoms with van der Waals surface area (Å²) >= 11 is 7.04. The summed E-state index contributed by atoms with van der Waals surface area (Å²) in [6, 6.07) is 6.96. The molecule has 0 amide bonds. The molecule has 0 aliphatic rings. The van der Waals surface area contributed by atoms with Crippen LogP contribution in [0.15, 0.2) is 34.3 Å². The van der Waals surface area contributed by atoms with Crippen LogP contribution in [-0.2, 0) is 0 Å². The second-order valence-electron chi connectivity index (χ2n) is 2.60. The molecule has 0 radical (unpaired) electrons. The molecule has 0 aliphatic heterocycles. The molecule has 1 aromatic rings. The summed E-state index contributed by atoms with van der Waals surface area (Å²) in [6.07, 6.45) is 1.81. The van der Waals surface area contributed by atoms with Gasteiger partial charge in [-0.25, -0.2) is 4.99 Å². The highest BCUT2D eigenvalue weighted by Gasteiger charge is 1.94. The maximum Gasteiger partial charge on any atom is 0.222 e. The van der Waals surface area contributed by atoms with Crippen molar-refractivity contribution in [2.24, 2.45) is 21.5 Å². The predicted octanol–water partition coefficient (Wildman–Crippen LogP) is 1.96. The van der Waals surface area contributed by atoms with E-state index in [1.807, 2.05) is 6.26 Å². The van der Waals surface area contributed by atoms with Crippen molar-refractivity contribution in [1.29, 1.82) is 0 Å². The number of nitrogens with zero attached hydrogens (tertiary/aromatic N) is 2. The lowest BCUT2D eigenvalue weighted by Crippen LogP contribution is -2.15. The van der Waals surface area contributed by atoms with Gasteiger partial charge in [0.05, 0.1) is 5.69 Å². The van der Waals surface area contributed by atoms with E-state index in [9.17, 15) is 0 Å². The maximum atomic E-state index is 5.72. The largest absolute Gasteiger partial charge is 0.378 e. The van der Waals surface area contributed by atoms with Gasteiger partial charge < -0.3 is 11.5 Å². The van der Waals surface area contributed by atoms with Gasteiger partial charge in [-0.15, -0.1) is 0 Å². The lowest BCUT2D eigenvalue weighted by Gasteiger charge is -1.97. The number of hydrogen-bond donors (Lipinski definition) is 2. The average molecular weight is 243 g/mol. The van der Waals surface area contributed by atoms with E-state index in [1.165, 1.54) is 11.8 Å². The van der Waals surface area contributed by atoms with Crippen LogP contribution in [0.3, 0.4) is 0 Å². The Morgan fingerprint density at radius 2 is 1.87 bits per heavy atom. The summed E-state index contributed by atoms with van der Waals surface area (Å²) < 4.78 is 0. The Hall–Kier alpha value is -1.20. The van der Waals surface area contributed by atoms with Crippen LogP contribution >= 0.6 is 23.4 Å². The standard InChI is InChI=1S/C9H11ClN4S/c1-15-9(12)14-8(11)13-7-4-2-6(10)3-5-7/h2-5H,1H3,(H4,11,12,13,14). The Morgan fingerprint density at radius 3 is 2.40 bits per heavy atom. The molecule has 15 heavy (non-hydrogen) atoms. The zero-order valence-electron chi connectivity index (χ0n) is 8.14. The number of amidine groups is 1. The van der Waals surface area contributed by atoms with Crippen molar-refractivity contribution in [3.8, 4) is 0 Å². The minimum atomic E-state index is 0.129. The van der Waals surface area contributed by atoms with Crippen LogP contribution in [-0.4, -0.2) is 17.4 Å². The molecule has 4 N–H and O–H groups in total. The quantitative estimate of drug-likeness (QED) is 0.584. The maximum absolute atomic E-state index is 5.72. The van der Waals surface area contributed by atoms with Crippen molar-refractivity contribution in [3.63, 3.8) is 0 Å². The molecule has 0 aromatic heterocycles. The van der Waals surface area contributed by atoms with Crippen molar-refractivity contribution in [2.45, 2.75) is 0 Å². The van der Waals surface area contributed by atoms with E-state index in [4.69, 9.17) is 23.1 Å². The molecule has 0 saturated heterocycles. The van der Waals surface area contributed by atoms with Gasteiger partial charge in [0.25, 0.3) is 0 Å². The second-order valence-corrected chi connectivity index (χ2v) is 3.86. The summed E-state index contributed by atoms with van der Waals surface area (Å²) in [4.78, 5) is 7.91. The van der Waals surface area contributed by atoms with E-state index in [2.05, 4.69) is 9.98 Å². The molecular formula is C9H11ClN4S. The van der Waals surface area contributed by atoms with Gasteiger partial charge in [-0.05, 0) is 30.5 Å². The van der Waals surface area contributed by atoms with Crippen LogP contribution < -0.4 is 11.5 Å². The molecule has 0 spiro atoms. The van der Waals surface area contributed by atoms with Gasteiger partial charge in [-0.3, -0.25) is 0 Å². The van der Waals surface area contributed by atoms with Gasteiger partial charge in [0.2, 0.25) is 5.96 Å². The number of halogens is 1. The Morgan fingerprint density at radius 1 is 1.27 bits per heavy atom. The van der Waals surface area contributed by atoms with Gasteiger partial charge in [-0.2, -0.15) is 4.99 Å². The molecule has 0 aliphatic carbocycles. The molecule has 0 unspecified atom stereocenters. The van der Waals surface area contributed by atoms with E-state index < -0.39 is 0 Å². The van der Waals surface area contributed by atoms with Crippen molar-refractivity contribution in [1.82, 2.24) is 0 Å². The van der Waals surface area contributed by atoms with Gasteiger partial charge >= 0.3 is 0 Å². The Bertz CT molecular complexity index is 386. The van der Waals surface area contributed by atoms with Crippen LogP contribution in [0.25, 0.3) is 0 Å². The molecule has 4 nitrogen and oxygen atoms in total. The van der Waals surface area contributed by atoms with E-state index >= 15 is 0 Å². The fourth-order valence-electron chi connectivity index (χ4n) is 0.831. The van der Waals surface area contributed by atoms with Gasteiger partial charge in [-0.1, -0.05) is 23.4 Å². The van der Waals surface area contributed by atoms with Crippen LogP contribution in [0, 0.1) is 0 Å². The fraction of sp³-hybridized carbons (Fsp3) is 0.111. The number of guanidine groups is 1. The third-order valence-electron chi connectivity index (χ3n) is 1.50. The van der Waals surface area contributed by atoms with Crippen molar-refractivity contribution >= 4 is 40.2 Å². The Kier molecular flexibility index (Phi) is 4.45. The van der Waals surface area contributed by atoms with Crippen LogP contribution in [0.5, 0.6) is 0 Å². The number of benzene rings is 1. The highest BCUT2D eigenvalue weighted by atomic mass is 35.5. The van der Waals surface area contributed by atoms with Gasteiger partial charge in [0, 0.05) is 5.02 Å². The fourth-order valence-corrected chi connectivity index (χ4v) is 1.14. The number of nitrogens with two attached hydrogens (primary N) is 2. The predicted molar refractivity (Wildman–Crippen MR) is 67.9 cm³/mol. The molecule has 0 saturated carbocycles. The van der Waals surface area contributed by atoms with Gasteiger partial charge in [0.1, 0.15) is 0 Å². The number of aliphatic imine (C=N–C) groups is 2. The lowest BCUT2D eigenvalue weighted by molar-refractivity contribution is 1.41. The summed E-state index contributed by atoms with van der Waals surface area (Å²) in [7, 11) is 0. The smallest absolute Gasteiger partial charge is 0.222 e. The number of thioether (sulfide) groups is 1. The molecule has 0 heterocycles. The highest BCUT2D eigenvalue weighted by Crippen LogP contribution is 2.16. The summed E-state index contributed by atoms with van der Waals surface area (Å²) in [5, 5.41) is 1.03. The zero-order chi connectivity index (χ0) is 11.3. The van der Waals surface area contributed by atoms with E-state index in [-0.39, 0.29) is 5.96 Å². The number of rotatable bonds is 1. The molecular weight excluding hydrogens is 232 g/mol. The van der Waals surface area contributed by atoms with Crippen LogP contribution in [0.4, 0.5) is 5.69 Å². The first-order chi connectivity index (χ1) is 7.11. The third kappa shape index (κ3) is 4.22. The normalized spacial score (nSPS) is 12.9. The SMILES string of the molecule is CSC(N)=NC(N)=Nc1ccc(Cl)cc1. The molecule has 6 heteroatoms. The van der Waals surface area contributed by atoms with Crippen LogP contribution in [0.1, 0.15) is 0 Å². The minimum absolute atomic E-state index is 0.129. The van der Waals surface area contributed by atoms with E-state index in [1.54, 1.807) is 24.3 Å². The van der Waals surface area contributed by atoms with Crippen molar-refractivity contribution < 1.29 is 0 Å². The van der Waals surface area contributed by atoms with Crippen molar-refractivity contribution in [2.75, 3.05) is 6.26 Å². The molecule has 80 valence electrons. The average Bonchev–Trinajstić information content (AvgIpc) is 2.21. The molecule has 1 rings (SSSR count). The summed E-state index contributed by atoms with van der Waals surface area (Å²) in [5.41, 5.74) is 11.7. The molecule has 0 atom stereocenters. The van der Waals surface area contributed by atoms with E-state index in [0.717, 1.165) is 0 Å². The highest BCUT2D eigenvalue weighted by molar-refractivity contribution is 8.13. The molecule has 1 aromatic carbocycles. The molecule has 0 fully saturated rings. The van der Waals surface area contributed by atoms with Crippen LogP contribution in [0.2, 0.25) is 5.02 Å². The monoisotopic (exact) mass is 242 g/mol. The minimum Gasteiger partial charge on any atom is -0.378 e. The first-order valence-electron chi connectivity index (χ1n) is 4.09.